The molecular formula is C14H10FN3O4S. The Balaban J connectivity index is 2.37. The Morgan fingerprint density at radius 2 is 2.09 bits per heavy atom. The smallest absolute Gasteiger partial charge is 0.341 e. The Kier molecular flexibility index (Phi) is 3.37. The van der Waals surface area contributed by atoms with E-state index in [1.807, 2.05) is 0 Å². The summed E-state index contributed by atoms with van der Waals surface area (Å²) in [6, 6.07) is 4.69. The van der Waals surface area contributed by atoms with Crippen LogP contribution >= 0.6 is 0 Å². The maximum atomic E-state index is 14.2. The minimum atomic E-state index is -3.58. The van der Waals surface area contributed by atoms with Crippen LogP contribution in [0, 0.1) is 5.82 Å². The number of sulfone groups is 1. The lowest BCUT2D eigenvalue weighted by Crippen LogP contribution is -2.02. The molecule has 118 valence electrons. The highest BCUT2D eigenvalue weighted by atomic mass is 32.2. The fourth-order valence-electron chi connectivity index (χ4n) is 2.19. The molecule has 23 heavy (non-hydrogen) atoms. The normalized spacial score (nSPS) is 11.7. The van der Waals surface area contributed by atoms with E-state index < -0.39 is 21.6 Å². The number of carboxylic acids is 1. The number of aromatic nitrogens is 3. The number of carbonyl (C=O) groups is 1. The van der Waals surface area contributed by atoms with Crippen LogP contribution in [0.1, 0.15) is 10.4 Å². The number of fused-ring (bicyclic) bond motifs is 1. The van der Waals surface area contributed by atoms with Gasteiger partial charge in [-0.2, -0.15) is 5.10 Å². The van der Waals surface area contributed by atoms with Gasteiger partial charge in [0.25, 0.3) is 0 Å². The van der Waals surface area contributed by atoms with E-state index in [0.717, 1.165) is 24.5 Å². The van der Waals surface area contributed by atoms with Crippen LogP contribution < -0.4 is 0 Å². The highest BCUT2D eigenvalue weighted by Gasteiger charge is 2.24. The molecule has 0 saturated heterocycles. The Morgan fingerprint density at radius 3 is 2.74 bits per heavy atom. The molecule has 0 aliphatic heterocycles. The van der Waals surface area contributed by atoms with Crippen LogP contribution in [0.3, 0.4) is 0 Å². The van der Waals surface area contributed by atoms with Gasteiger partial charge in [0, 0.05) is 24.2 Å². The molecule has 3 rings (SSSR count). The molecule has 0 radical (unpaired) electrons. The number of nitrogens with zero attached hydrogens (tertiary/aromatic N) is 3. The number of benzene rings is 1. The Bertz CT molecular complexity index is 1040. The van der Waals surface area contributed by atoms with Crippen molar-refractivity contribution in [1.29, 1.82) is 0 Å². The zero-order valence-electron chi connectivity index (χ0n) is 11.8. The molecule has 0 fully saturated rings. The zero-order chi connectivity index (χ0) is 16.8. The molecule has 0 atom stereocenters. The van der Waals surface area contributed by atoms with E-state index in [2.05, 4.69) is 10.1 Å². The summed E-state index contributed by atoms with van der Waals surface area (Å²) in [6.45, 7) is 0. The van der Waals surface area contributed by atoms with Gasteiger partial charge in [-0.15, -0.1) is 0 Å². The van der Waals surface area contributed by atoms with Crippen LogP contribution in [-0.2, 0) is 9.84 Å². The minimum Gasteiger partial charge on any atom is -0.477 e. The average molecular weight is 335 g/mol. The lowest BCUT2D eigenvalue weighted by Gasteiger charge is -2.04. The summed E-state index contributed by atoms with van der Waals surface area (Å²) in [6.07, 6.45) is 3.83. The minimum absolute atomic E-state index is 0.0409. The molecule has 0 aliphatic carbocycles. The second-order valence-corrected chi connectivity index (χ2v) is 6.85. The third-order valence-corrected chi connectivity index (χ3v) is 4.34. The quantitative estimate of drug-likeness (QED) is 0.730. The fraction of sp³-hybridized carbons (Fsp3) is 0.0714. The van der Waals surface area contributed by atoms with E-state index >= 15 is 0 Å². The van der Waals surface area contributed by atoms with Crippen LogP contribution in [0.15, 0.2) is 41.6 Å². The number of carboxylic acid groups (broad SMARTS) is 1. The molecule has 9 heteroatoms. The highest BCUT2D eigenvalue weighted by molar-refractivity contribution is 7.90. The van der Waals surface area contributed by atoms with Crippen molar-refractivity contribution in [2.45, 2.75) is 4.90 Å². The van der Waals surface area contributed by atoms with Crippen molar-refractivity contribution in [3.05, 3.63) is 48.0 Å². The van der Waals surface area contributed by atoms with Gasteiger partial charge < -0.3 is 5.11 Å². The molecule has 0 aliphatic rings. The van der Waals surface area contributed by atoms with Crippen molar-refractivity contribution in [2.24, 2.45) is 0 Å². The Morgan fingerprint density at radius 1 is 1.35 bits per heavy atom. The predicted octanol–water partition coefficient (Wildman–Crippen LogP) is 1.64. The molecule has 2 heterocycles. The number of rotatable bonds is 3. The molecule has 0 amide bonds. The summed E-state index contributed by atoms with van der Waals surface area (Å²) in [7, 11) is -3.58. The second kappa shape index (κ2) is 5.13. The molecule has 0 bridgehead atoms. The van der Waals surface area contributed by atoms with Gasteiger partial charge >= 0.3 is 5.97 Å². The van der Waals surface area contributed by atoms with Crippen LogP contribution in [-0.4, -0.2) is 40.3 Å². The standard InChI is InChI=1S/C14H10FN3O4S/c1-23(21,22)8-3-4-10(15)9(7-8)12-11(14(19)20)13-16-5-2-6-18(13)17-12/h2-7H,1H3,(H,19,20). The molecule has 2 aromatic heterocycles. The van der Waals surface area contributed by atoms with Crippen molar-refractivity contribution in [1.82, 2.24) is 14.6 Å². The van der Waals surface area contributed by atoms with E-state index in [1.165, 1.54) is 16.9 Å². The van der Waals surface area contributed by atoms with Crippen molar-refractivity contribution in [3.8, 4) is 11.3 Å². The number of hydrogen-bond donors (Lipinski definition) is 1. The predicted molar refractivity (Wildman–Crippen MR) is 78.5 cm³/mol. The molecule has 0 saturated carbocycles. The third kappa shape index (κ3) is 2.55. The van der Waals surface area contributed by atoms with Crippen LogP contribution in [0.25, 0.3) is 16.9 Å². The van der Waals surface area contributed by atoms with Gasteiger partial charge in [0.15, 0.2) is 15.5 Å². The summed E-state index contributed by atoms with van der Waals surface area (Å²) < 4.78 is 38.6. The van der Waals surface area contributed by atoms with Gasteiger partial charge in [0.1, 0.15) is 17.1 Å². The summed E-state index contributed by atoms with van der Waals surface area (Å²) in [4.78, 5) is 15.3. The fourth-order valence-corrected chi connectivity index (χ4v) is 2.84. The van der Waals surface area contributed by atoms with Gasteiger partial charge in [-0.25, -0.2) is 27.1 Å². The number of aromatic carboxylic acids is 1. The lowest BCUT2D eigenvalue weighted by molar-refractivity contribution is 0.0699. The Labute approximate surface area is 129 Å². The molecule has 1 aromatic carbocycles. The van der Waals surface area contributed by atoms with Crippen molar-refractivity contribution >= 4 is 21.5 Å². The summed E-state index contributed by atoms with van der Waals surface area (Å²) in [5, 5.41) is 13.4. The first kappa shape index (κ1) is 15.1. The maximum Gasteiger partial charge on any atom is 0.341 e. The highest BCUT2D eigenvalue weighted by Crippen LogP contribution is 2.29. The van der Waals surface area contributed by atoms with E-state index in [0.29, 0.717) is 0 Å². The monoisotopic (exact) mass is 335 g/mol. The second-order valence-electron chi connectivity index (χ2n) is 4.83. The first-order valence-electron chi connectivity index (χ1n) is 6.35. The van der Waals surface area contributed by atoms with Crippen LogP contribution in [0.4, 0.5) is 4.39 Å². The van der Waals surface area contributed by atoms with Gasteiger partial charge in [0.05, 0.1) is 4.90 Å². The largest absolute Gasteiger partial charge is 0.477 e. The van der Waals surface area contributed by atoms with Gasteiger partial charge in [0.2, 0.25) is 0 Å². The first-order valence-corrected chi connectivity index (χ1v) is 8.25. The Hall–Kier alpha value is -2.81. The molecule has 1 N–H and O–H groups in total. The molecular weight excluding hydrogens is 325 g/mol. The van der Waals surface area contributed by atoms with E-state index in [1.54, 1.807) is 6.07 Å². The third-order valence-electron chi connectivity index (χ3n) is 3.23. The van der Waals surface area contributed by atoms with E-state index in [-0.39, 0.29) is 27.4 Å². The zero-order valence-corrected chi connectivity index (χ0v) is 12.6. The van der Waals surface area contributed by atoms with E-state index in [4.69, 9.17) is 0 Å². The van der Waals surface area contributed by atoms with Gasteiger partial charge in [-0.05, 0) is 24.3 Å². The first-order chi connectivity index (χ1) is 10.8. The molecule has 3 aromatic rings. The SMILES string of the molecule is CS(=O)(=O)c1ccc(F)c(-c2nn3cccnc3c2C(=O)O)c1. The van der Waals surface area contributed by atoms with Gasteiger partial charge in [-0.3, -0.25) is 0 Å². The summed E-state index contributed by atoms with van der Waals surface area (Å²) >= 11 is 0. The topological polar surface area (TPSA) is 102 Å². The van der Waals surface area contributed by atoms with Crippen LogP contribution in [0.2, 0.25) is 0 Å². The maximum absolute atomic E-state index is 14.2. The van der Waals surface area contributed by atoms with Crippen molar-refractivity contribution < 1.29 is 22.7 Å². The van der Waals surface area contributed by atoms with Gasteiger partial charge in [-0.1, -0.05) is 0 Å². The van der Waals surface area contributed by atoms with Crippen molar-refractivity contribution in [2.75, 3.05) is 6.26 Å². The van der Waals surface area contributed by atoms with Crippen LogP contribution in [0.5, 0.6) is 0 Å². The van der Waals surface area contributed by atoms with E-state index in [9.17, 15) is 22.7 Å². The number of halogens is 1. The average Bonchev–Trinajstić information content (AvgIpc) is 2.85. The summed E-state index contributed by atoms with van der Waals surface area (Å²) in [5.74, 6) is -2.11. The number of hydrogen-bond acceptors (Lipinski definition) is 5. The molecule has 0 unspecified atom stereocenters. The van der Waals surface area contributed by atoms with Crippen molar-refractivity contribution in [3.63, 3.8) is 0 Å². The summed E-state index contributed by atoms with van der Waals surface area (Å²) in [5.41, 5.74) is -0.649. The molecule has 7 nitrogen and oxygen atoms in total. The lowest BCUT2D eigenvalue weighted by atomic mass is 10.1. The molecule has 0 spiro atoms.